The van der Waals surface area contributed by atoms with Gasteiger partial charge in [-0.15, -0.1) is 11.3 Å². The number of nitrogens with zero attached hydrogens (tertiary/aromatic N) is 4. The van der Waals surface area contributed by atoms with E-state index in [1.54, 1.807) is 17.6 Å². The topological polar surface area (TPSA) is 87.4 Å². The number of thiophene rings is 1. The Hall–Kier alpha value is -2.39. The monoisotopic (exact) mass is 359 g/mol. The van der Waals surface area contributed by atoms with Gasteiger partial charge in [0.15, 0.2) is 5.16 Å². The third kappa shape index (κ3) is 3.00. The Balaban J connectivity index is 1.55. The van der Waals surface area contributed by atoms with E-state index in [9.17, 15) is 4.79 Å². The predicted molar refractivity (Wildman–Crippen MR) is 90.9 cm³/mol. The van der Waals surface area contributed by atoms with Crippen LogP contribution in [0.25, 0.3) is 0 Å². The van der Waals surface area contributed by atoms with Crippen LogP contribution in [-0.2, 0) is 4.79 Å². The van der Waals surface area contributed by atoms with E-state index in [1.165, 1.54) is 23.1 Å². The van der Waals surface area contributed by atoms with E-state index in [2.05, 4.69) is 20.3 Å². The molecule has 0 saturated carbocycles. The van der Waals surface area contributed by atoms with E-state index in [1.807, 2.05) is 29.6 Å². The Bertz CT molecular complexity index is 827. The number of H-pyrrole nitrogens is 1. The van der Waals surface area contributed by atoms with E-state index in [0.29, 0.717) is 11.6 Å². The first kappa shape index (κ1) is 15.2. The number of furan rings is 1. The maximum absolute atomic E-state index is 12.7. The maximum atomic E-state index is 12.7. The molecule has 24 heavy (non-hydrogen) atoms. The molecule has 0 fully saturated rings. The van der Waals surface area contributed by atoms with Gasteiger partial charge in [-0.2, -0.15) is 10.2 Å². The van der Waals surface area contributed by atoms with Gasteiger partial charge in [0, 0.05) is 6.42 Å². The summed E-state index contributed by atoms with van der Waals surface area (Å²) in [6.07, 6.45) is 3.68. The Morgan fingerprint density at radius 2 is 2.42 bits per heavy atom. The SMILES string of the molecule is O=C(CSc1ncn[nH]1)N1N=C(c2cccs2)C[C@H]1c1ccco1. The van der Waals surface area contributed by atoms with Gasteiger partial charge in [-0.1, -0.05) is 17.8 Å². The summed E-state index contributed by atoms with van der Waals surface area (Å²) < 4.78 is 5.51. The van der Waals surface area contributed by atoms with Crippen molar-refractivity contribution in [3.63, 3.8) is 0 Å². The van der Waals surface area contributed by atoms with Crippen LogP contribution in [0, 0.1) is 0 Å². The molecule has 1 N–H and O–H groups in total. The van der Waals surface area contributed by atoms with Crippen molar-refractivity contribution in [2.24, 2.45) is 5.10 Å². The van der Waals surface area contributed by atoms with Gasteiger partial charge < -0.3 is 4.42 Å². The quantitative estimate of drug-likeness (QED) is 0.708. The van der Waals surface area contributed by atoms with Crippen LogP contribution in [0.2, 0.25) is 0 Å². The molecule has 0 bridgehead atoms. The van der Waals surface area contributed by atoms with Crippen LogP contribution in [0.1, 0.15) is 23.1 Å². The van der Waals surface area contributed by atoms with E-state index < -0.39 is 0 Å². The van der Waals surface area contributed by atoms with E-state index in [0.717, 1.165) is 16.3 Å². The number of hydrazone groups is 1. The average molecular weight is 359 g/mol. The Kier molecular flexibility index (Phi) is 4.18. The van der Waals surface area contributed by atoms with Crippen molar-refractivity contribution < 1.29 is 9.21 Å². The van der Waals surface area contributed by atoms with Crippen molar-refractivity contribution in [1.29, 1.82) is 0 Å². The second-order valence-corrected chi connectivity index (χ2v) is 6.99. The Morgan fingerprint density at radius 3 is 3.12 bits per heavy atom. The average Bonchev–Trinajstić information content (AvgIpc) is 3.40. The molecule has 3 aromatic rings. The van der Waals surface area contributed by atoms with E-state index >= 15 is 0 Å². The van der Waals surface area contributed by atoms with Gasteiger partial charge in [-0.25, -0.2) is 9.99 Å². The van der Waals surface area contributed by atoms with Crippen LogP contribution >= 0.6 is 23.1 Å². The van der Waals surface area contributed by atoms with Crippen molar-refractivity contribution in [3.05, 3.63) is 52.9 Å². The zero-order chi connectivity index (χ0) is 16.4. The fraction of sp³-hybridized carbons (Fsp3) is 0.200. The minimum atomic E-state index is -0.208. The first-order valence-electron chi connectivity index (χ1n) is 7.26. The summed E-state index contributed by atoms with van der Waals surface area (Å²) in [5, 5.41) is 15.2. The van der Waals surface area contributed by atoms with Crippen molar-refractivity contribution in [2.45, 2.75) is 17.6 Å². The molecule has 1 aliphatic heterocycles. The normalized spacial score (nSPS) is 17.2. The molecule has 1 amide bonds. The summed E-state index contributed by atoms with van der Waals surface area (Å²) in [5.41, 5.74) is 0.907. The molecule has 4 heterocycles. The third-order valence-electron chi connectivity index (χ3n) is 3.57. The number of thioether (sulfide) groups is 1. The minimum absolute atomic E-state index is 0.0932. The lowest BCUT2D eigenvalue weighted by molar-refractivity contribution is -0.130. The zero-order valence-electron chi connectivity index (χ0n) is 12.5. The number of rotatable bonds is 5. The van der Waals surface area contributed by atoms with Gasteiger partial charge >= 0.3 is 0 Å². The standard InChI is InChI=1S/C15H13N5O2S2/c21-14(8-24-15-16-9-17-18-15)20-11(12-3-1-5-22-12)7-10(19-20)13-4-2-6-23-13/h1-6,9,11H,7-8H2,(H,16,17,18)/t11-/m0/s1. The highest BCUT2D eigenvalue weighted by molar-refractivity contribution is 7.99. The fourth-order valence-electron chi connectivity index (χ4n) is 2.49. The molecule has 3 aromatic heterocycles. The van der Waals surface area contributed by atoms with Crippen LogP contribution < -0.4 is 0 Å². The van der Waals surface area contributed by atoms with E-state index in [4.69, 9.17) is 4.42 Å². The molecule has 0 aromatic carbocycles. The van der Waals surface area contributed by atoms with Crippen LogP contribution in [0.15, 0.2) is 56.9 Å². The number of carbonyl (C=O) groups is 1. The number of aromatic nitrogens is 3. The molecular weight excluding hydrogens is 346 g/mol. The van der Waals surface area contributed by atoms with Crippen molar-refractivity contribution in [2.75, 3.05) is 5.75 Å². The van der Waals surface area contributed by atoms with Gasteiger partial charge in [0.1, 0.15) is 18.1 Å². The lowest BCUT2D eigenvalue weighted by Gasteiger charge is -2.19. The summed E-state index contributed by atoms with van der Waals surface area (Å²) in [6, 6.07) is 7.49. The highest BCUT2D eigenvalue weighted by atomic mass is 32.2. The van der Waals surface area contributed by atoms with Gasteiger partial charge in [-0.05, 0) is 23.6 Å². The number of carbonyl (C=O) groups excluding carboxylic acids is 1. The van der Waals surface area contributed by atoms with E-state index in [-0.39, 0.29) is 17.7 Å². The molecule has 0 spiro atoms. The number of hydrogen-bond donors (Lipinski definition) is 1. The van der Waals surface area contributed by atoms with Crippen LogP contribution in [0.3, 0.4) is 0 Å². The van der Waals surface area contributed by atoms with Crippen molar-refractivity contribution in [3.8, 4) is 0 Å². The van der Waals surface area contributed by atoms with Gasteiger partial charge in [-0.3, -0.25) is 9.89 Å². The fourth-order valence-corrected chi connectivity index (χ4v) is 3.85. The molecule has 1 atom stereocenters. The largest absolute Gasteiger partial charge is 0.467 e. The number of nitrogens with one attached hydrogen (secondary N) is 1. The second kappa shape index (κ2) is 6.62. The van der Waals surface area contributed by atoms with Crippen molar-refractivity contribution >= 4 is 34.7 Å². The number of aromatic amines is 1. The highest BCUT2D eigenvalue weighted by Crippen LogP contribution is 2.34. The molecule has 0 aliphatic carbocycles. The number of amides is 1. The molecule has 1 aliphatic rings. The predicted octanol–water partition coefficient (Wildman–Crippen LogP) is 2.93. The van der Waals surface area contributed by atoms with Gasteiger partial charge in [0.05, 0.1) is 22.6 Å². The minimum Gasteiger partial charge on any atom is -0.467 e. The molecular formula is C15H13N5O2S2. The summed E-state index contributed by atoms with van der Waals surface area (Å²) in [6.45, 7) is 0. The highest BCUT2D eigenvalue weighted by Gasteiger charge is 2.35. The summed E-state index contributed by atoms with van der Waals surface area (Å²) in [7, 11) is 0. The lowest BCUT2D eigenvalue weighted by atomic mass is 10.1. The molecule has 122 valence electrons. The molecule has 4 rings (SSSR count). The summed E-state index contributed by atoms with van der Waals surface area (Å²) >= 11 is 2.92. The zero-order valence-corrected chi connectivity index (χ0v) is 14.1. The smallest absolute Gasteiger partial charge is 0.253 e. The van der Waals surface area contributed by atoms with Crippen LogP contribution in [0.5, 0.6) is 0 Å². The van der Waals surface area contributed by atoms with Gasteiger partial charge in [0.25, 0.3) is 5.91 Å². The first-order valence-corrected chi connectivity index (χ1v) is 9.13. The maximum Gasteiger partial charge on any atom is 0.253 e. The van der Waals surface area contributed by atoms with Gasteiger partial charge in [0.2, 0.25) is 0 Å². The molecule has 0 saturated heterocycles. The first-order chi connectivity index (χ1) is 11.8. The second-order valence-electron chi connectivity index (χ2n) is 5.08. The molecule has 9 heteroatoms. The lowest BCUT2D eigenvalue weighted by Crippen LogP contribution is -2.28. The summed E-state index contributed by atoms with van der Waals surface area (Å²) in [5.74, 6) is 0.876. The number of hydrogen-bond acceptors (Lipinski definition) is 7. The molecule has 7 nitrogen and oxygen atoms in total. The third-order valence-corrected chi connectivity index (χ3v) is 5.35. The summed E-state index contributed by atoms with van der Waals surface area (Å²) in [4.78, 5) is 17.7. The Morgan fingerprint density at radius 1 is 1.46 bits per heavy atom. The van der Waals surface area contributed by atoms with Crippen LogP contribution in [-0.4, -0.2) is 37.6 Å². The molecule has 0 unspecified atom stereocenters. The van der Waals surface area contributed by atoms with Crippen molar-refractivity contribution in [1.82, 2.24) is 20.2 Å². The van der Waals surface area contributed by atoms with Crippen LogP contribution in [0.4, 0.5) is 0 Å². The Labute approximate surface area is 145 Å². The molecule has 0 radical (unpaired) electrons.